The number of nitrogens with two attached hydrogens (primary N) is 1. The van der Waals surface area contributed by atoms with E-state index in [4.69, 9.17) is 5.14 Å². The van der Waals surface area contributed by atoms with Crippen LogP contribution in [0.5, 0.6) is 0 Å². The second kappa shape index (κ2) is 6.64. The summed E-state index contributed by atoms with van der Waals surface area (Å²) in [5.74, 6) is -0.197. The minimum absolute atomic E-state index is 0. The lowest BCUT2D eigenvalue weighted by Gasteiger charge is -2.20. The van der Waals surface area contributed by atoms with Crippen molar-refractivity contribution in [3.05, 3.63) is 48.0 Å². The van der Waals surface area contributed by atoms with E-state index in [0.29, 0.717) is 29.1 Å². The fourth-order valence-corrected chi connectivity index (χ4v) is 4.40. The summed E-state index contributed by atoms with van der Waals surface area (Å²) in [6.45, 7) is 0. The molecule has 2 aliphatic rings. The average molecular weight is 384 g/mol. The van der Waals surface area contributed by atoms with Gasteiger partial charge in [-0.25, -0.2) is 18.5 Å². The SMILES string of the molecule is Cl.NS(=O)(=O)c1ccc(-c2cc(C3C[C@@H]4CC[C@H]3N4)cnc2F)cc1. The number of benzene rings is 1. The van der Waals surface area contributed by atoms with Gasteiger partial charge < -0.3 is 5.32 Å². The van der Waals surface area contributed by atoms with E-state index < -0.39 is 16.0 Å². The van der Waals surface area contributed by atoms with E-state index in [2.05, 4.69) is 10.3 Å². The van der Waals surface area contributed by atoms with E-state index >= 15 is 0 Å². The number of halogens is 2. The molecule has 1 aromatic heterocycles. The van der Waals surface area contributed by atoms with Gasteiger partial charge in [0.25, 0.3) is 0 Å². The molecule has 0 saturated carbocycles. The van der Waals surface area contributed by atoms with Crippen molar-refractivity contribution in [3.63, 3.8) is 0 Å². The number of hydrogen-bond donors (Lipinski definition) is 2. The summed E-state index contributed by atoms with van der Waals surface area (Å²) in [5, 5.41) is 8.67. The zero-order valence-corrected chi connectivity index (χ0v) is 15.0. The third-order valence-electron chi connectivity index (χ3n) is 5.08. The molecule has 1 unspecified atom stereocenters. The van der Waals surface area contributed by atoms with Gasteiger partial charge in [0.15, 0.2) is 0 Å². The van der Waals surface area contributed by atoms with E-state index in [1.54, 1.807) is 18.3 Å². The van der Waals surface area contributed by atoms with E-state index in [9.17, 15) is 12.8 Å². The number of nitrogens with zero attached hydrogens (tertiary/aromatic N) is 1. The van der Waals surface area contributed by atoms with Gasteiger partial charge >= 0.3 is 0 Å². The largest absolute Gasteiger partial charge is 0.311 e. The number of primary sulfonamides is 1. The van der Waals surface area contributed by atoms with Crippen LogP contribution in [0, 0.1) is 5.95 Å². The maximum atomic E-state index is 14.2. The molecule has 2 fully saturated rings. The molecule has 2 aliphatic heterocycles. The van der Waals surface area contributed by atoms with Crippen LogP contribution in [0.4, 0.5) is 4.39 Å². The molecule has 2 aromatic rings. The summed E-state index contributed by atoms with van der Waals surface area (Å²) in [5.41, 5.74) is 2.00. The smallest absolute Gasteiger partial charge is 0.238 e. The number of fused-ring (bicyclic) bond motifs is 2. The van der Waals surface area contributed by atoms with E-state index in [1.807, 2.05) is 6.07 Å². The highest BCUT2D eigenvalue weighted by molar-refractivity contribution is 7.89. The van der Waals surface area contributed by atoms with Crippen LogP contribution in [0.2, 0.25) is 0 Å². The summed E-state index contributed by atoms with van der Waals surface area (Å²) < 4.78 is 36.9. The van der Waals surface area contributed by atoms with Gasteiger partial charge in [-0.1, -0.05) is 12.1 Å². The lowest BCUT2D eigenvalue weighted by atomic mass is 9.84. The van der Waals surface area contributed by atoms with Crippen molar-refractivity contribution in [2.24, 2.45) is 5.14 Å². The zero-order chi connectivity index (χ0) is 16.9. The van der Waals surface area contributed by atoms with Crippen molar-refractivity contribution in [1.82, 2.24) is 10.3 Å². The topological polar surface area (TPSA) is 85.1 Å². The van der Waals surface area contributed by atoms with Crippen molar-refractivity contribution in [1.29, 1.82) is 0 Å². The number of nitrogens with one attached hydrogen (secondary N) is 1. The maximum absolute atomic E-state index is 14.2. The van der Waals surface area contributed by atoms with Crippen LogP contribution in [-0.2, 0) is 10.0 Å². The summed E-state index contributed by atoms with van der Waals surface area (Å²) >= 11 is 0. The second-order valence-corrected chi connectivity index (χ2v) is 8.13. The van der Waals surface area contributed by atoms with E-state index in [-0.39, 0.29) is 17.3 Å². The Kier molecular flexibility index (Phi) is 4.85. The van der Waals surface area contributed by atoms with Crippen LogP contribution in [0.3, 0.4) is 0 Å². The highest BCUT2D eigenvalue weighted by Gasteiger charge is 2.40. The highest BCUT2D eigenvalue weighted by Crippen LogP contribution is 2.40. The fraction of sp³-hybridized carbons (Fsp3) is 0.353. The van der Waals surface area contributed by atoms with Crippen molar-refractivity contribution < 1.29 is 12.8 Å². The molecule has 25 heavy (non-hydrogen) atoms. The Hall–Kier alpha value is -1.54. The van der Waals surface area contributed by atoms with Gasteiger partial charge in [-0.2, -0.15) is 4.39 Å². The van der Waals surface area contributed by atoms with Crippen LogP contribution < -0.4 is 10.5 Å². The summed E-state index contributed by atoms with van der Waals surface area (Å²) in [6.07, 6.45) is 5.02. The highest BCUT2D eigenvalue weighted by atomic mass is 35.5. The van der Waals surface area contributed by atoms with Gasteiger partial charge in [0, 0.05) is 29.8 Å². The molecule has 3 atom stereocenters. The number of sulfonamides is 1. The molecule has 2 bridgehead atoms. The molecule has 0 spiro atoms. The molecule has 3 N–H and O–H groups in total. The van der Waals surface area contributed by atoms with Crippen molar-refractivity contribution in [2.45, 2.75) is 42.2 Å². The lowest BCUT2D eigenvalue weighted by Crippen LogP contribution is -2.21. The molecule has 8 heteroatoms. The minimum Gasteiger partial charge on any atom is -0.311 e. The third kappa shape index (κ3) is 3.42. The van der Waals surface area contributed by atoms with Crippen LogP contribution in [-0.4, -0.2) is 25.5 Å². The molecule has 0 amide bonds. The lowest BCUT2D eigenvalue weighted by molar-refractivity contribution is 0.502. The van der Waals surface area contributed by atoms with Crippen molar-refractivity contribution in [3.8, 4) is 11.1 Å². The summed E-state index contributed by atoms with van der Waals surface area (Å²) in [7, 11) is -3.76. The van der Waals surface area contributed by atoms with Gasteiger partial charge in [-0.15, -0.1) is 12.4 Å². The monoisotopic (exact) mass is 383 g/mol. The van der Waals surface area contributed by atoms with Crippen LogP contribution in [0.1, 0.15) is 30.7 Å². The minimum atomic E-state index is -3.76. The van der Waals surface area contributed by atoms with Gasteiger partial charge in [0.2, 0.25) is 16.0 Å². The molecule has 4 rings (SSSR count). The molecule has 2 saturated heterocycles. The first kappa shape index (κ1) is 18.3. The molecule has 0 radical (unpaired) electrons. The number of hydrogen-bond acceptors (Lipinski definition) is 4. The first-order valence-electron chi connectivity index (χ1n) is 7.96. The zero-order valence-electron chi connectivity index (χ0n) is 13.4. The quantitative estimate of drug-likeness (QED) is 0.798. The predicted octanol–water partition coefficient (Wildman–Crippen LogP) is 2.56. The summed E-state index contributed by atoms with van der Waals surface area (Å²) in [4.78, 5) is 3.92. The van der Waals surface area contributed by atoms with Gasteiger partial charge in [0.05, 0.1) is 4.90 Å². The molecular formula is C17H19ClFN3O2S. The standard InChI is InChI=1S/C17H18FN3O2S.ClH/c18-17-15(10-1-4-13(5-2-10)24(19,22)23)7-11(9-20-17)14-8-12-3-6-16(14)21-12;/h1-2,4-5,7,9,12,14,16,21H,3,6,8H2,(H2,19,22,23);1H/t12-,14?,16+;/m0./s1. The van der Waals surface area contributed by atoms with Crippen LogP contribution in [0.25, 0.3) is 11.1 Å². The Morgan fingerprint density at radius 1 is 1.20 bits per heavy atom. The Labute approximate surface area is 152 Å². The molecule has 3 heterocycles. The van der Waals surface area contributed by atoms with E-state index in [0.717, 1.165) is 18.4 Å². The summed E-state index contributed by atoms with van der Waals surface area (Å²) in [6, 6.07) is 8.72. The second-order valence-electron chi connectivity index (χ2n) is 6.57. The molecule has 134 valence electrons. The molecule has 5 nitrogen and oxygen atoms in total. The van der Waals surface area contributed by atoms with Gasteiger partial charge in [0.1, 0.15) is 0 Å². The van der Waals surface area contributed by atoms with Crippen molar-refractivity contribution in [2.75, 3.05) is 0 Å². The van der Waals surface area contributed by atoms with Gasteiger partial charge in [-0.3, -0.25) is 0 Å². The fourth-order valence-electron chi connectivity index (χ4n) is 3.89. The first-order valence-corrected chi connectivity index (χ1v) is 9.51. The Bertz CT molecular complexity index is 889. The number of pyridine rings is 1. The molecule has 0 aliphatic carbocycles. The van der Waals surface area contributed by atoms with Gasteiger partial charge in [-0.05, 0) is 48.6 Å². The van der Waals surface area contributed by atoms with Crippen LogP contribution >= 0.6 is 12.4 Å². The Morgan fingerprint density at radius 3 is 2.48 bits per heavy atom. The molecule has 1 aromatic carbocycles. The molecular weight excluding hydrogens is 365 g/mol. The van der Waals surface area contributed by atoms with Crippen LogP contribution in [0.15, 0.2) is 41.4 Å². The number of aromatic nitrogens is 1. The Morgan fingerprint density at radius 2 is 1.92 bits per heavy atom. The van der Waals surface area contributed by atoms with E-state index in [1.165, 1.54) is 18.6 Å². The average Bonchev–Trinajstić information content (AvgIpc) is 3.18. The third-order valence-corrected chi connectivity index (χ3v) is 6.01. The number of rotatable bonds is 3. The first-order chi connectivity index (χ1) is 11.4. The Balaban J connectivity index is 0.00000182. The van der Waals surface area contributed by atoms with Crippen molar-refractivity contribution >= 4 is 22.4 Å². The maximum Gasteiger partial charge on any atom is 0.238 e. The predicted molar refractivity (Wildman–Crippen MR) is 95.6 cm³/mol. The normalized spacial score (nSPS) is 25.0.